The fraction of sp³-hybridized carbons (Fsp3) is 0.800. The van der Waals surface area contributed by atoms with Gasteiger partial charge in [0, 0.05) is 19.0 Å². The molecule has 0 aliphatic heterocycles. The quantitative estimate of drug-likeness (QED) is 0.511. The summed E-state index contributed by atoms with van der Waals surface area (Å²) in [5.74, 6) is -0.813. The van der Waals surface area contributed by atoms with Crippen molar-refractivity contribution in [1.82, 2.24) is 4.31 Å². The number of hydrogen-bond donors (Lipinski definition) is 1. The van der Waals surface area contributed by atoms with Crippen LogP contribution in [0.15, 0.2) is 0 Å². The zero-order valence-corrected chi connectivity index (χ0v) is 12.5. The fourth-order valence-electron chi connectivity index (χ4n) is 1.37. The number of nitrogens with two attached hydrogens (primary N) is 1. The number of sulfonamides is 1. The molecular formula is C10H20N2O4S2. The maximum absolute atomic E-state index is 12.0. The normalized spacial score (nSPS) is 11.8. The summed E-state index contributed by atoms with van der Waals surface area (Å²) in [6, 6.07) is -0.206. The Kier molecular flexibility index (Phi) is 7.34. The molecule has 0 amide bonds. The first kappa shape index (κ1) is 17.3. The molecule has 0 saturated heterocycles. The van der Waals surface area contributed by atoms with Gasteiger partial charge in [-0.1, -0.05) is 12.2 Å². The van der Waals surface area contributed by atoms with Crippen LogP contribution in [0.25, 0.3) is 0 Å². The van der Waals surface area contributed by atoms with E-state index >= 15 is 0 Å². The van der Waals surface area contributed by atoms with Gasteiger partial charge in [-0.15, -0.1) is 0 Å². The summed E-state index contributed by atoms with van der Waals surface area (Å²) >= 11 is 4.73. The van der Waals surface area contributed by atoms with Crippen molar-refractivity contribution in [2.45, 2.75) is 32.7 Å². The Balaban J connectivity index is 4.66. The Morgan fingerprint density at radius 3 is 2.33 bits per heavy atom. The molecule has 0 heterocycles. The van der Waals surface area contributed by atoms with Gasteiger partial charge in [-0.3, -0.25) is 4.79 Å². The number of carbonyl (C=O) groups excluding carboxylic acids is 1. The largest absolute Gasteiger partial charge is 0.469 e. The zero-order valence-electron chi connectivity index (χ0n) is 10.9. The van der Waals surface area contributed by atoms with Crippen molar-refractivity contribution in [1.29, 1.82) is 0 Å². The molecule has 0 rings (SSSR count). The number of hydrogen-bond acceptors (Lipinski definition) is 5. The minimum Gasteiger partial charge on any atom is -0.469 e. The van der Waals surface area contributed by atoms with Crippen LogP contribution in [0.3, 0.4) is 0 Å². The molecule has 6 nitrogen and oxygen atoms in total. The van der Waals surface area contributed by atoms with Crippen molar-refractivity contribution < 1.29 is 17.9 Å². The van der Waals surface area contributed by atoms with Crippen LogP contribution in [-0.4, -0.2) is 49.1 Å². The number of thiocarbonyl (C=S) groups is 1. The van der Waals surface area contributed by atoms with Gasteiger partial charge in [-0.2, -0.15) is 4.31 Å². The van der Waals surface area contributed by atoms with Crippen LogP contribution in [0, 0.1) is 0 Å². The molecule has 0 aliphatic carbocycles. The van der Waals surface area contributed by atoms with Crippen LogP contribution in [-0.2, 0) is 19.6 Å². The van der Waals surface area contributed by atoms with Gasteiger partial charge in [-0.05, 0) is 13.8 Å². The van der Waals surface area contributed by atoms with E-state index in [0.29, 0.717) is 6.42 Å². The second kappa shape index (κ2) is 7.65. The van der Waals surface area contributed by atoms with Crippen LogP contribution in [0.5, 0.6) is 0 Å². The molecule has 0 atom stereocenters. The summed E-state index contributed by atoms with van der Waals surface area (Å²) in [7, 11) is -2.28. The summed E-state index contributed by atoms with van der Waals surface area (Å²) in [5.41, 5.74) is 5.36. The van der Waals surface area contributed by atoms with Crippen molar-refractivity contribution in [2.24, 2.45) is 5.73 Å². The van der Waals surface area contributed by atoms with E-state index in [9.17, 15) is 13.2 Å². The topological polar surface area (TPSA) is 89.7 Å². The first-order valence-electron chi connectivity index (χ1n) is 5.55. The van der Waals surface area contributed by atoms with Crippen LogP contribution in [0.1, 0.15) is 26.7 Å². The first-order chi connectivity index (χ1) is 8.20. The Morgan fingerprint density at radius 1 is 1.39 bits per heavy atom. The van der Waals surface area contributed by atoms with E-state index in [1.54, 1.807) is 13.8 Å². The molecule has 2 N–H and O–H groups in total. The lowest BCUT2D eigenvalue weighted by atomic mass is 10.3. The minimum atomic E-state index is -3.51. The molecule has 8 heteroatoms. The maximum atomic E-state index is 12.0. The Labute approximate surface area is 114 Å². The molecule has 0 unspecified atom stereocenters. The Bertz CT molecular complexity index is 393. The standard InChI is InChI=1S/C10H20N2O4S2/c1-8(2)12(6-4-9(11)17)18(14,15)7-5-10(13)16-3/h8H,4-7H2,1-3H3,(H2,11,17). The third-order valence-electron chi connectivity index (χ3n) is 2.30. The second-order valence-electron chi connectivity index (χ2n) is 4.06. The van der Waals surface area contributed by atoms with Crippen LogP contribution >= 0.6 is 12.2 Å². The summed E-state index contributed by atoms with van der Waals surface area (Å²) in [5, 5.41) is 0. The lowest BCUT2D eigenvalue weighted by Crippen LogP contribution is -2.40. The highest BCUT2D eigenvalue weighted by atomic mass is 32.2. The van der Waals surface area contributed by atoms with Crippen molar-refractivity contribution >= 4 is 33.2 Å². The van der Waals surface area contributed by atoms with Crippen molar-refractivity contribution in [3.05, 3.63) is 0 Å². The summed E-state index contributed by atoms with van der Waals surface area (Å²) in [6.07, 6.45) is 0.167. The molecule has 0 saturated carbocycles. The third kappa shape index (κ3) is 6.27. The predicted octanol–water partition coefficient (Wildman–Crippen LogP) is 0.266. The number of carbonyl (C=O) groups is 1. The third-order valence-corrected chi connectivity index (χ3v) is 4.55. The van der Waals surface area contributed by atoms with Gasteiger partial charge >= 0.3 is 5.97 Å². The molecule has 0 aromatic rings. The predicted molar refractivity (Wildman–Crippen MR) is 73.7 cm³/mol. The molecule has 18 heavy (non-hydrogen) atoms. The summed E-state index contributed by atoms with van der Waals surface area (Å²) in [6.45, 7) is 3.75. The highest BCUT2D eigenvalue weighted by Gasteiger charge is 2.25. The number of nitrogens with zero attached hydrogens (tertiary/aromatic N) is 1. The van der Waals surface area contributed by atoms with E-state index in [-0.39, 0.29) is 29.7 Å². The van der Waals surface area contributed by atoms with Crippen LogP contribution in [0.2, 0.25) is 0 Å². The minimum absolute atomic E-state index is 0.158. The number of methoxy groups -OCH3 is 1. The second-order valence-corrected chi connectivity index (χ2v) is 6.63. The molecule has 0 spiro atoms. The van der Waals surface area contributed by atoms with E-state index in [2.05, 4.69) is 4.74 Å². The summed E-state index contributed by atoms with van der Waals surface area (Å²) in [4.78, 5) is 11.2. The smallest absolute Gasteiger partial charge is 0.306 e. The number of esters is 1. The highest BCUT2D eigenvalue weighted by molar-refractivity contribution is 7.89. The zero-order chi connectivity index (χ0) is 14.3. The molecule has 106 valence electrons. The lowest BCUT2D eigenvalue weighted by molar-refractivity contribution is -0.140. The lowest BCUT2D eigenvalue weighted by Gasteiger charge is -2.25. The van der Waals surface area contributed by atoms with Crippen molar-refractivity contribution in [3.63, 3.8) is 0 Å². The van der Waals surface area contributed by atoms with Gasteiger partial charge in [0.1, 0.15) is 0 Å². The Hall–Kier alpha value is -0.730. The average Bonchev–Trinajstić information content (AvgIpc) is 2.24. The molecule has 0 aromatic heterocycles. The highest BCUT2D eigenvalue weighted by Crippen LogP contribution is 2.10. The van der Waals surface area contributed by atoms with Gasteiger partial charge in [0.15, 0.2) is 0 Å². The molecule has 0 aromatic carbocycles. The van der Waals surface area contributed by atoms with E-state index in [1.807, 2.05) is 0 Å². The van der Waals surface area contributed by atoms with E-state index in [1.165, 1.54) is 11.4 Å². The monoisotopic (exact) mass is 296 g/mol. The SMILES string of the molecule is COC(=O)CCS(=O)(=O)N(CCC(N)=S)C(C)C. The van der Waals surface area contributed by atoms with E-state index in [0.717, 1.165) is 0 Å². The fourth-order valence-corrected chi connectivity index (χ4v) is 3.13. The van der Waals surface area contributed by atoms with Gasteiger partial charge in [0.2, 0.25) is 10.0 Å². The molecular weight excluding hydrogens is 276 g/mol. The summed E-state index contributed by atoms with van der Waals surface area (Å²) < 4.78 is 29.8. The van der Waals surface area contributed by atoms with Gasteiger partial charge in [-0.25, -0.2) is 8.42 Å². The maximum Gasteiger partial charge on any atom is 0.306 e. The number of ether oxygens (including phenoxy) is 1. The average molecular weight is 296 g/mol. The molecule has 0 bridgehead atoms. The first-order valence-corrected chi connectivity index (χ1v) is 7.57. The van der Waals surface area contributed by atoms with E-state index in [4.69, 9.17) is 18.0 Å². The Morgan fingerprint density at radius 2 is 1.94 bits per heavy atom. The molecule has 0 aliphatic rings. The molecule has 0 fully saturated rings. The van der Waals surface area contributed by atoms with Crippen LogP contribution < -0.4 is 5.73 Å². The number of rotatable bonds is 8. The van der Waals surface area contributed by atoms with Gasteiger partial charge < -0.3 is 10.5 Å². The van der Waals surface area contributed by atoms with Crippen LogP contribution in [0.4, 0.5) is 0 Å². The van der Waals surface area contributed by atoms with Gasteiger partial charge in [0.05, 0.1) is 24.3 Å². The van der Waals surface area contributed by atoms with E-state index < -0.39 is 16.0 Å². The van der Waals surface area contributed by atoms with Crippen molar-refractivity contribution in [3.8, 4) is 0 Å². The van der Waals surface area contributed by atoms with Gasteiger partial charge in [0.25, 0.3) is 0 Å². The molecule has 0 radical (unpaired) electrons. The van der Waals surface area contributed by atoms with Crippen molar-refractivity contribution in [2.75, 3.05) is 19.4 Å².